The maximum absolute atomic E-state index is 12.6. The lowest BCUT2D eigenvalue weighted by Crippen LogP contribution is -2.14. The summed E-state index contributed by atoms with van der Waals surface area (Å²) in [7, 11) is 1.61. The molecule has 0 aliphatic heterocycles. The van der Waals surface area contributed by atoms with Gasteiger partial charge in [0.2, 0.25) is 0 Å². The molecule has 5 heteroatoms. The number of benzene rings is 2. The minimum absolute atomic E-state index is 0.194. The number of pyridine rings is 1. The van der Waals surface area contributed by atoms with E-state index in [1.807, 2.05) is 37.3 Å². The molecule has 2 aromatic carbocycles. The number of hydrogen-bond donors (Lipinski definition) is 2. The second kappa shape index (κ2) is 6.68. The van der Waals surface area contributed by atoms with E-state index in [9.17, 15) is 4.79 Å². The first-order valence-electron chi connectivity index (χ1n) is 7.63. The zero-order valence-corrected chi connectivity index (χ0v) is 13.7. The molecule has 0 fully saturated rings. The Labute approximate surface area is 140 Å². The molecule has 122 valence electrons. The molecule has 3 N–H and O–H groups in total. The van der Waals surface area contributed by atoms with Crippen LogP contribution < -0.4 is 11.1 Å². The molecule has 1 aromatic heterocycles. The number of nitrogens with two attached hydrogens (primary N) is 1. The molecule has 0 saturated heterocycles. The molecule has 24 heavy (non-hydrogen) atoms. The quantitative estimate of drug-likeness (QED) is 0.721. The van der Waals surface area contributed by atoms with Crippen molar-refractivity contribution in [3.8, 4) is 0 Å². The van der Waals surface area contributed by atoms with Gasteiger partial charge in [0.1, 0.15) is 0 Å². The molecule has 3 rings (SSSR count). The number of anilines is 2. The lowest BCUT2D eigenvalue weighted by molar-refractivity contribution is 0.102. The van der Waals surface area contributed by atoms with Gasteiger partial charge in [0, 0.05) is 40.7 Å². The number of nitrogens with one attached hydrogen (secondary N) is 1. The monoisotopic (exact) mass is 321 g/mol. The minimum Gasteiger partial charge on any atom is -0.399 e. The summed E-state index contributed by atoms with van der Waals surface area (Å²) in [6.45, 7) is 2.34. The maximum atomic E-state index is 12.6. The van der Waals surface area contributed by atoms with Gasteiger partial charge in [-0.2, -0.15) is 0 Å². The summed E-state index contributed by atoms with van der Waals surface area (Å²) in [6.07, 6.45) is 0. The molecule has 1 heterocycles. The average molecular weight is 321 g/mol. The molecule has 1 amide bonds. The lowest BCUT2D eigenvalue weighted by atomic mass is 10.1. The number of aryl methyl sites for hydroxylation is 1. The number of methoxy groups -OCH3 is 1. The van der Waals surface area contributed by atoms with Gasteiger partial charge in [0.15, 0.2) is 0 Å². The van der Waals surface area contributed by atoms with Gasteiger partial charge in [-0.1, -0.05) is 12.1 Å². The van der Waals surface area contributed by atoms with Gasteiger partial charge in [0.05, 0.1) is 12.1 Å². The normalized spacial score (nSPS) is 10.8. The van der Waals surface area contributed by atoms with Gasteiger partial charge in [-0.3, -0.25) is 9.78 Å². The van der Waals surface area contributed by atoms with E-state index in [-0.39, 0.29) is 5.91 Å². The van der Waals surface area contributed by atoms with E-state index < -0.39 is 0 Å². The van der Waals surface area contributed by atoms with Crippen LogP contribution in [0.1, 0.15) is 21.6 Å². The molecule has 0 aliphatic rings. The molecule has 0 unspecified atom stereocenters. The third kappa shape index (κ3) is 3.36. The Kier molecular flexibility index (Phi) is 4.44. The van der Waals surface area contributed by atoms with Crippen molar-refractivity contribution in [1.29, 1.82) is 0 Å². The number of carbonyl (C=O) groups excluding carboxylic acids is 1. The number of carbonyl (C=O) groups is 1. The number of nitrogen functional groups attached to an aromatic ring is 1. The van der Waals surface area contributed by atoms with Crippen molar-refractivity contribution >= 4 is 28.2 Å². The first-order valence-corrected chi connectivity index (χ1v) is 7.63. The minimum atomic E-state index is -0.194. The fourth-order valence-corrected chi connectivity index (χ4v) is 2.55. The van der Waals surface area contributed by atoms with Crippen molar-refractivity contribution in [3.63, 3.8) is 0 Å². The van der Waals surface area contributed by atoms with Crippen LogP contribution in [0.2, 0.25) is 0 Å². The molecular formula is C19H19N3O2. The number of fused-ring (bicyclic) bond motifs is 1. The number of ether oxygens (including phenoxy) is 1. The second-order valence-electron chi connectivity index (χ2n) is 5.66. The van der Waals surface area contributed by atoms with E-state index in [1.54, 1.807) is 25.3 Å². The molecule has 3 aromatic rings. The van der Waals surface area contributed by atoms with Crippen LogP contribution in [0.25, 0.3) is 10.9 Å². The Morgan fingerprint density at radius 3 is 2.79 bits per heavy atom. The van der Waals surface area contributed by atoms with E-state index in [2.05, 4.69) is 10.3 Å². The third-order valence-electron chi connectivity index (χ3n) is 3.77. The van der Waals surface area contributed by atoms with Crippen LogP contribution in [0.15, 0.2) is 48.5 Å². The highest BCUT2D eigenvalue weighted by atomic mass is 16.5. The first kappa shape index (κ1) is 16.0. The van der Waals surface area contributed by atoms with E-state index >= 15 is 0 Å². The van der Waals surface area contributed by atoms with Gasteiger partial charge in [-0.05, 0) is 43.3 Å². The van der Waals surface area contributed by atoms with Crippen LogP contribution in [0.3, 0.4) is 0 Å². The maximum Gasteiger partial charge on any atom is 0.255 e. The lowest BCUT2D eigenvalue weighted by Gasteiger charge is -2.12. The average Bonchev–Trinajstić information content (AvgIpc) is 2.57. The SMILES string of the molecule is COCc1ccc(N)cc1NC(=O)c1ccc2nc(C)ccc2c1. The van der Waals surface area contributed by atoms with Crippen LogP contribution in [0.4, 0.5) is 11.4 Å². The third-order valence-corrected chi connectivity index (χ3v) is 3.77. The highest BCUT2D eigenvalue weighted by molar-refractivity contribution is 6.06. The largest absolute Gasteiger partial charge is 0.399 e. The van der Waals surface area contributed by atoms with E-state index in [4.69, 9.17) is 10.5 Å². The van der Waals surface area contributed by atoms with E-state index in [0.29, 0.717) is 23.5 Å². The van der Waals surface area contributed by atoms with Crippen LogP contribution in [-0.4, -0.2) is 18.0 Å². The summed E-state index contributed by atoms with van der Waals surface area (Å²) in [5.41, 5.74) is 10.3. The first-order chi connectivity index (χ1) is 11.6. The van der Waals surface area contributed by atoms with Crippen molar-refractivity contribution in [2.24, 2.45) is 0 Å². The second-order valence-corrected chi connectivity index (χ2v) is 5.66. The zero-order chi connectivity index (χ0) is 17.1. The van der Waals surface area contributed by atoms with Gasteiger partial charge in [-0.25, -0.2) is 0 Å². The summed E-state index contributed by atoms with van der Waals surface area (Å²) in [4.78, 5) is 17.0. The molecule has 0 bridgehead atoms. The topological polar surface area (TPSA) is 77.2 Å². The van der Waals surface area contributed by atoms with Crippen molar-refractivity contribution in [3.05, 3.63) is 65.4 Å². The summed E-state index contributed by atoms with van der Waals surface area (Å²) in [5.74, 6) is -0.194. The van der Waals surface area contributed by atoms with Crippen LogP contribution in [-0.2, 0) is 11.3 Å². The number of aromatic nitrogens is 1. The Morgan fingerprint density at radius 2 is 2.00 bits per heavy atom. The van der Waals surface area contributed by atoms with Crippen LogP contribution in [0, 0.1) is 6.92 Å². The molecule has 0 saturated carbocycles. The molecule has 0 radical (unpaired) electrons. The Bertz CT molecular complexity index is 906. The molecule has 0 aliphatic carbocycles. The van der Waals surface area contributed by atoms with Crippen molar-refractivity contribution in [2.45, 2.75) is 13.5 Å². The molecule has 0 atom stereocenters. The van der Waals surface area contributed by atoms with Crippen LogP contribution >= 0.6 is 0 Å². The fraction of sp³-hybridized carbons (Fsp3) is 0.158. The molecular weight excluding hydrogens is 302 g/mol. The van der Waals surface area contributed by atoms with Gasteiger partial charge in [-0.15, -0.1) is 0 Å². The van der Waals surface area contributed by atoms with E-state index in [1.165, 1.54) is 0 Å². The Morgan fingerprint density at radius 1 is 1.17 bits per heavy atom. The van der Waals surface area contributed by atoms with Crippen molar-refractivity contribution in [1.82, 2.24) is 4.98 Å². The highest BCUT2D eigenvalue weighted by Gasteiger charge is 2.11. The standard InChI is InChI=1S/C19H19N3O2/c1-12-3-4-13-9-14(6-8-17(13)21-12)19(23)22-18-10-16(20)7-5-15(18)11-24-2/h3-10H,11,20H2,1-2H3,(H,22,23). The number of hydrogen-bond acceptors (Lipinski definition) is 4. The Hall–Kier alpha value is -2.92. The number of rotatable bonds is 4. The number of nitrogens with zero attached hydrogens (tertiary/aromatic N) is 1. The van der Waals surface area contributed by atoms with E-state index in [0.717, 1.165) is 22.2 Å². The summed E-state index contributed by atoms with van der Waals surface area (Å²) in [5, 5.41) is 3.84. The van der Waals surface area contributed by atoms with Crippen molar-refractivity contribution in [2.75, 3.05) is 18.2 Å². The molecule has 5 nitrogen and oxygen atoms in total. The molecule has 0 spiro atoms. The summed E-state index contributed by atoms with van der Waals surface area (Å²) >= 11 is 0. The fourth-order valence-electron chi connectivity index (χ4n) is 2.55. The van der Waals surface area contributed by atoms with Crippen LogP contribution in [0.5, 0.6) is 0 Å². The predicted octanol–water partition coefficient (Wildman–Crippen LogP) is 3.52. The van der Waals surface area contributed by atoms with Gasteiger partial charge in [0.25, 0.3) is 5.91 Å². The Balaban J connectivity index is 1.90. The summed E-state index contributed by atoms with van der Waals surface area (Å²) in [6, 6.07) is 14.7. The number of amides is 1. The zero-order valence-electron chi connectivity index (χ0n) is 13.7. The smallest absolute Gasteiger partial charge is 0.255 e. The summed E-state index contributed by atoms with van der Waals surface area (Å²) < 4.78 is 5.16. The van der Waals surface area contributed by atoms with Gasteiger partial charge < -0.3 is 15.8 Å². The van der Waals surface area contributed by atoms with Crippen molar-refractivity contribution < 1.29 is 9.53 Å². The predicted molar refractivity (Wildman–Crippen MR) is 96.0 cm³/mol. The van der Waals surface area contributed by atoms with Gasteiger partial charge >= 0.3 is 0 Å². The highest BCUT2D eigenvalue weighted by Crippen LogP contribution is 2.22.